The fourth-order valence-electron chi connectivity index (χ4n) is 2.45. The van der Waals surface area contributed by atoms with Gasteiger partial charge in [-0.2, -0.15) is 0 Å². The number of hydrogen-bond acceptors (Lipinski definition) is 7. The molecule has 0 spiro atoms. The first-order chi connectivity index (χ1) is 13.8. The molecule has 0 aliphatic heterocycles. The summed E-state index contributed by atoms with van der Waals surface area (Å²) in [6.45, 7) is 1.62. The minimum atomic E-state index is -0.622. The summed E-state index contributed by atoms with van der Waals surface area (Å²) in [5.74, 6) is 0.643. The molecule has 29 heavy (non-hydrogen) atoms. The number of benzene rings is 1. The maximum Gasteiger partial charge on any atom is 0.338 e. The van der Waals surface area contributed by atoms with Gasteiger partial charge in [-0.3, -0.25) is 15.1 Å². The second kappa shape index (κ2) is 8.33. The molecule has 0 aliphatic carbocycles. The second-order valence-corrected chi connectivity index (χ2v) is 6.63. The Morgan fingerprint density at radius 2 is 1.93 bits per heavy atom. The molecule has 0 unspecified atom stereocenters. The van der Waals surface area contributed by atoms with Crippen LogP contribution in [0.4, 0.5) is 22.0 Å². The van der Waals surface area contributed by atoms with Gasteiger partial charge < -0.3 is 9.84 Å². The van der Waals surface area contributed by atoms with Crippen LogP contribution in [0.25, 0.3) is 11.3 Å². The Bertz CT molecular complexity index is 1050. The quantitative estimate of drug-likeness (QED) is 0.447. The van der Waals surface area contributed by atoms with Crippen LogP contribution in [0.1, 0.15) is 5.76 Å². The summed E-state index contributed by atoms with van der Waals surface area (Å²) in [7, 11) is 1.53. The van der Waals surface area contributed by atoms with Crippen molar-refractivity contribution in [2.45, 2.75) is 6.92 Å². The molecule has 2 N–H and O–H groups in total. The summed E-state index contributed by atoms with van der Waals surface area (Å²) in [5.41, 5.74) is 3.37. The summed E-state index contributed by atoms with van der Waals surface area (Å²) in [5, 5.41) is 19.3. The number of amides is 2. The normalized spacial score (nSPS) is 10.5. The largest absolute Gasteiger partial charge is 0.359 e. The van der Waals surface area contributed by atoms with E-state index >= 15 is 0 Å². The lowest BCUT2D eigenvalue weighted by atomic mass is 10.1. The predicted octanol–water partition coefficient (Wildman–Crippen LogP) is 4.43. The highest BCUT2D eigenvalue weighted by Gasteiger charge is 2.22. The smallest absolute Gasteiger partial charge is 0.338 e. The monoisotopic (exact) mass is 436 g/mol. The minimum absolute atomic E-state index is 0.159. The van der Waals surface area contributed by atoms with E-state index in [4.69, 9.17) is 27.7 Å². The van der Waals surface area contributed by atoms with E-state index in [1.165, 1.54) is 24.2 Å². The number of pyridine rings is 1. The molecule has 12 heteroatoms. The van der Waals surface area contributed by atoms with Crippen LogP contribution in [-0.2, 0) is 0 Å². The molecule has 1 aromatic carbocycles. The maximum atomic E-state index is 12.4. The van der Waals surface area contributed by atoms with Gasteiger partial charge in [0.15, 0.2) is 5.76 Å². The van der Waals surface area contributed by atoms with Gasteiger partial charge in [-0.05, 0) is 25.1 Å². The van der Waals surface area contributed by atoms with Gasteiger partial charge in [0.1, 0.15) is 23.4 Å². The Balaban J connectivity index is 1.78. The fourth-order valence-corrected chi connectivity index (χ4v) is 3.03. The highest BCUT2D eigenvalue weighted by molar-refractivity contribution is 6.39. The van der Waals surface area contributed by atoms with E-state index in [0.29, 0.717) is 32.9 Å². The average molecular weight is 437 g/mol. The van der Waals surface area contributed by atoms with Gasteiger partial charge in [0.2, 0.25) is 0 Å². The lowest BCUT2D eigenvalue weighted by Crippen LogP contribution is -2.42. The van der Waals surface area contributed by atoms with E-state index in [9.17, 15) is 14.9 Å². The molecule has 2 aromatic heterocycles. The van der Waals surface area contributed by atoms with E-state index in [2.05, 4.69) is 20.9 Å². The number of nitrogens with zero attached hydrogens (tertiary/aromatic N) is 4. The van der Waals surface area contributed by atoms with Crippen LogP contribution in [0.5, 0.6) is 0 Å². The van der Waals surface area contributed by atoms with Gasteiger partial charge in [0, 0.05) is 18.7 Å². The SMILES string of the molecule is Cc1onc(-c2c(Cl)cccc2Cl)c1NC(=O)NN(C)c1ccc([N+](=O)[O-])cn1. The summed E-state index contributed by atoms with van der Waals surface area (Å²) >= 11 is 12.4. The van der Waals surface area contributed by atoms with Crippen molar-refractivity contribution in [3.63, 3.8) is 0 Å². The van der Waals surface area contributed by atoms with Crippen LogP contribution in [0.2, 0.25) is 10.0 Å². The zero-order valence-corrected chi connectivity index (χ0v) is 16.7. The molecule has 0 atom stereocenters. The maximum absolute atomic E-state index is 12.4. The van der Waals surface area contributed by atoms with Crippen molar-refractivity contribution in [1.29, 1.82) is 0 Å². The Hall–Kier alpha value is -3.37. The molecule has 2 heterocycles. The van der Waals surface area contributed by atoms with Crippen molar-refractivity contribution < 1.29 is 14.2 Å². The first-order valence-corrected chi connectivity index (χ1v) is 8.86. The summed E-state index contributed by atoms with van der Waals surface area (Å²) in [6.07, 6.45) is 1.09. The number of carbonyl (C=O) groups excluding carboxylic acids is 1. The van der Waals surface area contributed by atoms with Crippen LogP contribution < -0.4 is 15.8 Å². The molecule has 2 amide bonds. The molecular weight excluding hydrogens is 423 g/mol. The third kappa shape index (κ3) is 4.39. The molecule has 0 saturated heterocycles. The van der Waals surface area contributed by atoms with Gasteiger partial charge in [0.05, 0.1) is 15.0 Å². The topological polar surface area (TPSA) is 126 Å². The molecule has 0 saturated carbocycles. The summed E-state index contributed by atoms with van der Waals surface area (Å²) < 4.78 is 5.19. The van der Waals surface area contributed by atoms with E-state index < -0.39 is 11.0 Å². The average Bonchev–Trinajstić information content (AvgIpc) is 3.02. The van der Waals surface area contributed by atoms with E-state index in [0.717, 1.165) is 6.20 Å². The highest BCUT2D eigenvalue weighted by atomic mass is 35.5. The third-order valence-electron chi connectivity index (χ3n) is 3.86. The van der Waals surface area contributed by atoms with Crippen molar-refractivity contribution in [2.24, 2.45) is 0 Å². The predicted molar refractivity (Wildman–Crippen MR) is 108 cm³/mol. The minimum Gasteiger partial charge on any atom is -0.359 e. The van der Waals surface area contributed by atoms with Crippen molar-refractivity contribution in [3.05, 3.63) is 62.4 Å². The van der Waals surface area contributed by atoms with Crippen molar-refractivity contribution in [3.8, 4) is 11.3 Å². The van der Waals surface area contributed by atoms with Gasteiger partial charge in [0.25, 0.3) is 5.69 Å². The molecular formula is C17H14Cl2N6O4. The highest BCUT2D eigenvalue weighted by Crippen LogP contribution is 2.39. The zero-order chi connectivity index (χ0) is 21.1. The first kappa shape index (κ1) is 20.4. The number of aromatic nitrogens is 2. The third-order valence-corrected chi connectivity index (χ3v) is 4.49. The molecule has 0 radical (unpaired) electrons. The Morgan fingerprint density at radius 1 is 1.24 bits per heavy atom. The summed E-state index contributed by atoms with van der Waals surface area (Å²) in [4.78, 5) is 26.5. The number of hydrogen-bond donors (Lipinski definition) is 2. The van der Waals surface area contributed by atoms with Crippen LogP contribution in [0.15, 0.2) is 41.1 Å². The molecule has 0 bridgehead atoms. The standard InChI is InChI=1S/C17H14Cl2N6O4/c1-9-15(16(23-29-9)14-11(18)4-3-5-12(14)19)21-17(26)22-24(2)13-7-6-10(8-20-13)25(27)28/h3-8H,1-2H3,(H2,21,22,26). The second-order valence-electron chi connectivity index (χ2n) is 5.82. The number of aryl methyl sites for hydroxylation is 1. The van der Waals surface area contributed by atoms with Crippen LogP contribution >= 0.6 is 23.2 Å². The van der Waals surface area contributed by atoms with Crippen molar-refractivity contribution in [1.82, 2.24) is 15.6 Å². The number of nitrogens with one attached hydrogen (secondary N) is 2. The lowest BCUT2D eigenvalue weighted by Gasteiger charge is -2.19. The molecule has 10 nitrogen and oxygen atoms in total. The number of anilines is 2. The molecule has 3 aromatic rings. The van der Waals surface area contributed by atoms with Crippen LogP contribution in [-0.4, -0.2) is 28.1 Å². The Morgan fingerprint density at radius 3 is 2.52 bits per heavy atom. The Kier molecular flexibility index (Phi) is 5.85. The van der Waals surface area contributed by atoms with E-state index in [1.54, 1.807) is 25.1 Å². The molecule has 0 fully saturated rings. The number of nitro groups is 1. The summed E-state index contributed by atoms with van der Waals surface area (Å²) in [6, 6.07) is 7.03. The molecule has 3 rings (SSSR count). The number of halogens is 2. The lowest BCUT2D eigenvalue weighted by molar-refractivity contribution is -0.385. The van der Waals surface area contributed by atoms with Gasteiger partial charge in [-0.15, -0.1) is 0 Å². The van der Waals surface area contributed by atoms with Crippen molar-refractivity contribution >= 4 is 46.4 Å². The Labute approximate surface area is 174 Å². The van der Waals surface area contributed by atoms with Crippen molar-refractivity contribution in [2.75, 3.05) is 17.4 Å². The van der Waals surface area contributed by atoms with Crippen LogP contribution in [0, 0.1) is 17.0 Å². The zero-order valence-electron chi connectivity index (χ0n) is 15.1. The van der Waals surface area contributed by atoms with Crippen LogP contribution in [0.3, 0.4) is 0 Å². The van der Waals surface area contributed by atoms with Gasteiger partial charge >= 0.3 is 6.03 Å². The fraction of sp³-hybridized carbons (Fsp3) is 0.118. The molecule has 150 valence electrons. The number of rotatable bonds is 5. The van der Waals surface area contributed by atoms with E-state index in [-0.39, 0.29) is 11.4 Å². The van der Waals surface area contributed by atoms with Gasteiger partial charge in [-0.1, -0.05) is 34.4 Å². The first-order valence-electron chi connectivity index (χ1n) is 8.10. The number of hydrazine groups is 1. The number of urea groups is 1. The van der Waals surface area contributed by atoms with Gasteiger partial charge in [-0.25, -0.2) is 15.2 Å². The molecule has 0 aliphatic rings. The van der Waals surface area contributed by atoms with E-state index in [1.807, 2.05) is 0 Å². The number of carbonyl (C=O) groups is 1.